The average Bonchev–Trinajstić information content (AvgIpc) is 2.38. The topological polar surface area (TPSA) is 42.2 Å². The highest BCUT2D eigenvalue weighted by Crippen LogP contribution is 2.32. The molecular formula is C15H25N3. The summed E-state index contributed by atoms with van der Waals surface area (Å²) < 4.78 is 0. The Kier molecular flexibility index (Phi) is 4.10. The number of anilines is 2. The van der Waals surface area contributed by atoms with Crippen molar-refractivity contribution in [2.45, 2.75) is 52.0 Å². The molecule has 2 rings (SSSR count). The van der Waals surface area contributed by atoms with Gasteiger partial charge in [-0.3, -0.25) is 0 Å². The van der Waals surface area contributed by atoms with Crippen LogP contribution in [0.15, 0.2) is 12.3 Å². The number of pyridine rings is 1. The van der Waals surface area contributed by atoms with E-state index in [2.05, 4.69) is 23.9 Å². The molecule has 1 heterocycles. The van der Waals surface area contributed by atoms with Gasteiger partial charge in [-0.25, -0.2) is 4.98 Å². The van der Waals surface area contributed by atoms with Crippen molar-refractivity contribution in [3.63, 3.8) is 0 Å². The number of nitrogens with two attached hydrogens (primary N) is 1. The van der Waals surface area contributed by atoms with Crippen LogP contribution in [-0.4, -0.2) is 18.1 Å². The molecule has 100 valence electrons. The Morgan fingerprint density at radius 1 is 1.33 bits per heavy atom. The van der Waals surface area contributed by atoms with Gasteiger partial charge in [0.05, 0.1) is 5.69 Å². The maximum atomic E-state index is 6.08. The Bertz CT molecular complexity index is 395. The molecule has 0 spiro atoms. The third-order valence-electron chi connectivity index (χ3n) is 4.31. The van der Waals surface area contributed by atoms with E-state index in [1.807, 2.05) is 19.2 Å². The molecule has 0 aliphatic heterocycles. The molecular weight excluding hydrogens is 222 g/mol. The first-order valence-corrected chi connectivity index (χ1v) is 7.06. The quantitative estimate of drug-likeness (QED) is 0.890. The highest BCUT2D eigenvalue weighted by Gasteiger charge is 2.24. The summed E-state index contributed by atoms with van der Waals surface area (Å²) in [6.45, 7) is 4.33. The van der Waals surface area contributed by atoms with Gasteiger partial charge in [0.25, 0.3) is 0 Å². The molecule has 0 radical (unpaired) electrons. The summed E-state index contributed by atoms with van der Waals surface area (Å²) in [7, 11) is 2.13. The van der Waals surface area contributed by atoms with Crippen molar-refractivity contribution in [3.8, 4) is 0 Å². The van der Waals surface area contributed by atoms with E-state index in [1.165, 1.54) is 32.1 Å². The molecule has 2 N–H and O–H groups in total. The lowest BCUT2D eigenvalue weighted by Crippen LogP contribution is -2.36. The Hall–Kier alpha value is -1.25. The van der Waals surface area contributed by atoms with Crippen molar-refractivity contribution in [2.75, 3.05) is 17.7 Å². The summed E-state index contributed by atoms with van der Waals surface area (Å²) in [5, 5.41) is 0. The van der Waals surface area contributed by atoms with Gasteiger partial charge in [0, 0.05) is 19.3 Å². The second kappa shape index (κ2) is 5.59. The van der Waals surface area contributed by atoms with Gasteiger partial charge in [-0.15, -0.1) is 0 Å². The standard InChI is InChI=1S/C15H25N3/c1-4-12-5-7-13(8-6-12)18(3)15-14(16)9-11(2)10-17-15/h9-10,12-13H,4-8,16H2,1-3H3. The lowest BCUT2D eigenvalue weighted by Gasteiger charge is -2.35. The Labute approximate surface area is 110 Å². The van der Waals surface area contributed by atoms with Crippen molar-refractivity contribution in [1.82, 2.24) is 4.98 Å². The first-order valence-electron chi connectivity index (χ1n) is 7.06. The molecule has 1 aromatic rings. The zero-order valence-corrected chi connectivity index (χ0v) is 11.8. The van der Waals surface area contributed by atoms with Gasteiger partial charge in [-0.2, -0.15) is 0 Å². The predicted molar refractivity (Wildman–Crippen MR) is 77.8 cm³/mol. The Morgan fingerprint density at radius 2 is 2.00 bits per heavy atom. The minimum atomic E-state index is 0.602. The molecule has 0 unspecified atom stereocenters. The SMILES string of the molecule is CCC1CCC(N(C)c2ncc(C)cc2N)CC1. The number of nitrogen functional groups attached to an aromatic ring is 1. The maximum Gasteiger partial charge on any atom is 0.151 e. The van der Waals surface area contributed by atoms with Crippen LogP contribution >= 0.6 is 0 Å². The third kappa shape index (κ3) is 2.77. The van der Waals surface area contributed by atoms with Gasteiger partial charge in [0.1, 0.15) is 0 Å². The van der Waals surface area contributed by atoms with Crippen molar-refractivity contribution >= 4 is 11.5 Å². The maximum absolute atomic E-state index is 6.08. The third-order valence-corrected chi connectivity index (χ3v) is 4.31. The van der Waals surface area contributed by atoms with Gasteiger partial charge < -0.3 is 10.6 Å². The van der Waals surface area contributed by atoms with Crippen molar-refractivity contribution in [2.24, 2.45) is 5.92 Å². The Balaban J connectivity index is 2.05. The van der Waals surface area contributed by atoms with Crippen LogP contribution in [0.3, 0.4) is 0 Å². The first-order chi connectivity index (χ1) is 8.61. The molecule has 0 aromatic carbocycles. The summed E-state index contributed by atoms with van der Waals surface area (Å²) in [6, 6.07) is 2.61. The molecule has 1 aliphatic carbocycles. The van der Waals surface area contributed by atoms with Gasteiger partial charge >= 0.3 is 0 Å². The molecule has 0 atom stereocenters. The van der Waals surface area contributed by atoms with Gasteiger partial charge in [-0.05, 0) is 50.2 Å². The minimum absolute atomic E-state index is 0.602. The summed E-state index contributed by atoms with van der Waals surface area (Å²) in [6.07, 6.45) is 8.45. The first kappa shape index (κ1) is 13.2. The van der Waals surface area contributed by atoms with Crippen LogP contribution in [-0.2, 0) is 0 Å². The zero-order chi connectivity index (χ0) is 13.1. The van der Waals surface area contributed by atoms with Gasteiger partial charge in [-0.1, -0.05) is 13.3 Å². The largest absolute Gasteiger partial charge is 0.396 e. The summed E-state index contributed by atoms with van der Waals surface area (Å²) in [4.78, 5) is 6.77. The minimum Gasteiger partial charge on any atom is -0.396 e. The van der Waals surface area contributed by atoms with Crippen LogP contribution in [0.25, 0.3) is 0 Å². The molecule has 18 heavy (non-hydrogen) atoms. The Morgan fingerprint density at radius 3 is 2.56 bits per heavy atom. The number of aryl methyl sites for hydroxylation is 1. The summed E-state index contributed by atoms with van der Waals surface area (Å²) >= 11 is 0. The fourth-order valence-corrected chi connectivity index (χ4v) is 2.99. The van der Waals surface area contributed by atoms with E-state index in [9.17, 15) is 0 Å². The second-order valence-electron chi connectivity index (χ2n) is 5.62. The molecule has 1 aromatic heterocycles. The average molecular weight is 247 g/mol. The number of nitrogens with zero attached hydrogens (tertiary/aromatic N) is 2. The van der Waals surface area contributed by atoms with Crippen molar-refractivity contribution < 1.29 is 0 Å². The zero-order valence-electron chi connectivity index (χ0n) is 11.8. The smallest absolute Gasteiger partial charge is 0.151 e. The van der Waals surface area contributed by atoms with Crippen LogP contribution in [0, 0.1) is 12.8 Å². The molecule has 1 saturated carbocycles. The van der Waals surface area contributed by atoms with E-state index in [-0.39, 0.29) is 0 Å². The van der Waals surface area contributed by atoms with Gasteiger partial charge in [0.2, 0.25) is 0 Å². The van der Waals surface area contributed by atoms with E-state index in [4.69, 9.17) is 5.73 Å². The fraction of sp³-hybridized carbons (Fsp3) is 0.667. The number of rotatable bonds is 3. The van der Waals surface area contributed by atoms with Gasteiger partial charge in [0.15, 0.2) is 5.82 Å². The van der Waals surface area contributed by atoms with E-state index < -0.39 is 0 Å². The van der Waals surface area contributed by atoms with Crippen LogP contribution in [0.2, 0.25) is 0 Å². The van der Waals surface area contributed by atoms with E-state index in [1.54, 1.807) is 0 Å². The van der Waals surface area contributed by atoms with E-state index in [0.717, 1.165) is 23.0 Å². The molecule has 3 heteroatoms. The second-order valence-corrected chi connectivity index (χ2v) is 5.62. The van der Waals surface area contributed by atoms with Crippen molar-refractivity contribution in [1.29, 1.82) is 0 Å². The molecule has 0 bridgehead atoms. The lowest BCUT2D eigenvalue weighted by atomic mass is 9.84. The summed E-state index contributed by atoms with van der Waals surface area (Å²) in [5.41, 5.74) is 8.00. The van der Waals surface area contributed by atoms with Crippen LogP contribution < -0.4 is 10.6 Å². The highest BCUT2D eigenvalue weighted by molar-refractivity contribution is 5.63. The number of hydrogen-bond donors (Lipinski definition) is 1. The number of hydrogen-bond acceptors (Lipinski definition) is 3. The molecule has 1 aliphatic rings. The van der Waals surface area contributed by atoms with E-state index in [0.29, 0.717) is 6.04 Å². The highest BCUT2D eigenvalue weighted by atomic mass is 15.2. The van der Waals surface area contributed by atoms with E-state index >= 15 is 0 Å². The fourth-order valence-electron chi connectivity index (χ4n) is 2.99. The normalized spacial score (nSPS) is 23.9. The van der Waals surface area contributed by atoms with Crippen LogP contribution in [0.5, 0.6) is 0 Å². The monoisotopic (exact) mass is 247 g/mol. The van der Waals surface area contributed by atoms with Crippen LogP contribution in [0.1, 0.15) is 44.6 Å². The lowest BCUT2D eigenvalue weighted by molar-refractivity contribution is 0.313. The number of aromatic nitrogens is 1. The molecule has 1 fully saturated rings. The molecule has 3 nitrogen and oxygen atoms in total. The van der Waals surface area contributed by atoms with Crippen LogP contribution in [0.4, 0.5) is 11.5 Å². The van der Waals surface area contributed by atoms with Crippen molar-refractivity contribution in [3.05, 3.63) is 17.8 Å². The summed E-state index contributed by atoms with van der Waals surface area (Å²) in [5.74, 6) is 1.87. The predicted octanol–water partition coefficient (Wildman–Crippen LogP) is 3.38. The molecule has 0 saturated heterocycles. The molecule has 0 amide bonds.